The topological polar surface area (TPSA) is 60.5 Å². The molecule has 1 aliphatic rings. The number of nitrogens with zero attached hydrogens (tertiary/aromatic N) is 1. The second kappa shape index (κ2) is 6.02. The number of rotatable bonds is 5. The Morgan fingerprint density at radius 3 is 2.79 bits per heavy atom. The van der Waals surface area contributed by atoms with Gasteiger partial charge in [0.05, 0.1) is 18.4 Å². The van der Waals surface area contributed by atoms with Crippen LogP contribution in [0, 0.1) is 12.8 Å². The molecule has 0 atom stereocenters. The molecule has 1 N–H and O–H groups in total. The van der Waals surface area contributed by atoms with Gasteiger partial charge in [-0.15, -0.1) is 0 Å². The van der Waals surface area contributed by atoms with Gasteiger partial charge in [-0.1, -0.05) is 0 Å². The Balaban J connectivity index is 1.92. The maximum Gasteiger partial charge on any atom is 0.339 e. The van der Waals surface area contributed by atoms with Crippen LogP contribution in [0.2, 0.25) is 0 Å². The minimum Gasteiger partial charge on any atom is -0.474 e. The molecule has 1 aromatic rings. The molecule has 1 aliphatic carbocycles. The van der Waals surface area contributed by atoms with E-state index in [2.05, 4.69) is 15.0 Å². The van der Waals surface area contributed by atoms with Gasteiger partial charge in [-0.3, -0.25) is 0 Å². The van der Waals surface area contributed by atoms with E-state index < -0.39 is 0 Å². The molecule has 1 saturated carbocycles. The van der Waals surface area contributed by atoms with Gasteiger partial charge in [0.1, 0.15) is 6.10 Å². The van der Waals surface area contributed by atoms with Crippen LogP contribution in [-0.4, -0.2) is 37.8 Å². The van der Waals surface area contributed by atoms with Crippen molar-refractivity contribution >= 4 is 5.97 Å². The molecule has 0 spiro atoms. The third-order valence-electron chi connectivity index (χ3n) is 3.44. The molecule has 2 rings (SSSR count). The first-order chi connectivity index (χ1) is 9.13. The lowest BCUT2D eigenvalue weighted by Crippen LogP contribution is -2.38. The molecule has 0 aromatic carbocycles. The van der Waals surface area contributed by atoms with Gasteiger partial charge >= 0.3 is 5.97 Å². The van der Waals surface area contributed by atoms with Crippen LogP contribution in [0.4, 0.5) is 0 Å². The average Bonchev–Trinajstić information content (AvgIpc) is 2.35. The Bertz CT molecular complexity index is 456. The van der Waals surface area contributed by atoms with Crippen molar-refractivity contribution < 1.29 is 14.3 Å². The first-order valence-corrected chi connectivity index (χ1v) is 6.51. The number of ether oxygens (including phenoxy) is 2. The molecule has 1 fully saturated rings. The number of pyridine rings is 1. The molecule has 19 heavy (non-hydrogen) atoms. The van der Waals surface area contributed by atoms with E-state index in [0.29, 0.717) is 23.1 Å². The molecule has 5 nitrogen and oxygen atoms in total. The van der Waals surface area contributed by atoms with Gasteiger partial charge in [0, 0.05) is 6.07 Å². The summed E-state index contributed by atoms with van der Waals surface area (Å²) in [6.07, 6.45) is 2.36. The maximum absolute atomic E-state index is 11.4. The zero-order valence-corrected chi connectivity index (χ0v) is 11.6. The molecule has 0 saturated heterocycles. The van der Waals surface area contributed by atoms with Crippen molar-refractivity contribution in [1.29, 1.82) is 0 Å². The summed E-state index contributed by atoms with van der Waals surface area (Å²) in [6, 6.07) is 3.43. The molecular formula is C14H20N2O3. The Hall–Kier alpha value is -1.62. The van der Waals surface area contributed by atoms with Gasteiger partial charge in [-0.25, -0.2) is 9.78 Å². The van der Waals surface area contributed by atoms with Crippen LogP contribution < -0.4 is 10.1 Å². The number of aromatic nitrogens is 1. The molecule has 1 heterocycles. The van der Waals surface area contributed by atoms with Crippen molar-refractivity contribution in [3.63, 3.8) is 0 Å². The van der Waals surface area contributed by atoms with E-state index in [9.17, 15) is 4.79 Å². The highest BCUT2D eigenvalue weighted by Crippen LogP contribution is 2.30. The Labute approximate surface area is 113 Å². The van der Waals surface area contributed by atoms with E-state index in [-0.39, 0.29) is 12.1 Å². The fourth-order valence-corrected chi connectivity index (χ4v) is 2.33. The van der Waals surface area contributed by atoms with Crippen LogP contribution in [-0.2, 0) is 4.74 Å². The van der Waals surface area contributed by atoms with Gasteiger partial charge in [-0.05, 0) is 45.3 Å². The predicted molar refractivity (Wildman–Crippen MR) is 71.4 cm³/mol. The number of aryl methyl sites for hydroxylation is 1. The van der Waals surface area contributed by atoms with Crippen LogP contribution in [0.1, 0.15) is 28.9 Å². The third-order valence-corrected chi connectivity index (χ3v) is 3.44. The van der Waals surface area contributed by atoms with E-state index >= 15 is 0 Å². The summed E-state index contributed by atoms with van der Waals surface area (Å²) in [7, 11) is 3.33. The Morgan fingerprint density at radius 1 is 1.47 bits per heavy atom. The zero-order chi connectivity index (χ0) is 13.8. The van der Waals surface area contributed by atoms with Gasteiger partial charge in [-0.2, -0.15) is 0 Å². The quantitative estimate of drug-likeness (QED) is 0.818. The summed E-state index contributed by atoms with van der Waals surface area (Å²) in [6.45, 7) is 2.82. The first kappa shape index (κ1) is 13.8. The fraction of sp³-hybridized carbons (Fsp3) is 0.571. The highest BCUT2D eigenvalue weighted by Gasteiger charge is 2.30. The molecule has 0 radical (unpaired) electrons. The number of esters is 1. The second-order valence-electron chi connectivity index (χ2n) is 4.91. The van der Waals surface area contributed by atoms with Gasteiger partial charge < -0.3 is 14.8 Å². The molecule has 0 aliphatic heterocycles. The van der Waals surface area contributed by atoms with Crippen LogP contribution in [0.5, 0.6) is 5.88 Å². The van der Waals surface area contributed by atoms with Crippen LogP contribution >= 0.6 is 0 Å². The van der Waals surface area contributed by atoms with Crippen molar-refractivity contribution in [2.45, 2.75) is 25.9 Å². The molecule has 1 aromatic heterocycles. The van der Waals surface area contributed by atoms with Gasteiger partial charge in [0.15, 0.2) is 0 Å². The smallest absolute Gasteiger partial charge is 0.339 e. The van der Waals surface area contributed by atoms with E-state index in [0.717, 1.165) is 19.4 Å². The number of hydrogen-bond donors (Lipinski definition) is 1. The molecule has 5 heteroatoms. The summed E-state index contributed by atoms with van der Waals surface area (Å²) in [5, 5.41) is 3.17. The van der Waals surface area contributed by atoms with E-state index in [4.69, 9.17) is 4.74 Å². The standard InChI is InChI=1S/C14H20N2O3/c1-9-12(14(17)18-3)4-5-13(16-9)19-11-6-10(7-11)8-15-2/h4-5,10-11,15H,6-8H2,1-3H3. The van der Waals surface area contributed by atoms with Crippen LogP contribution in [0.25, 0.3) is 0 Å². The number of carbonyl (C=O) groups is 1. The summed E-state index contributed by atoms with van der Waals surface area (Å²) in [5.74, 6) is 0.915. The average molecular weight is 264 g/mol. The maximum atomic E-state index is 11.4. The summed E-state index contributed by atoms with van der Waals surface area (Å²) < 4.78 is 10.5. The van der Waals surface area contributed by atoms with Crippen molar-refractivity contribution in [3.05, 3.63) is 23.4 Å². The Kier molecular flexibility index (Phi) is 4.37. The minimum absolute atomic E-state index is 0.245. The van der Waals surface area contributed by atoms with Crippen molar-refractivity contribution in [2.75, 3.05) is 20.7 Å². The minimum atomic E-state index is -0.366. The molecule has 0 unspecified atom stereocenters. The van der Waals surface area contributed by atoms with Crippen LogP contribution in [0.15, 0.2) is 12.1 Å². The fourth-order valence-electron chi connectivity index (χ4n) is 2.33. The second-order valence-corrected chi connectivity index (χ2v) is 4.91. The monoisotopic (exact) mass is 264 g/mol. The van der Waals surface area contributed by atoms with E-state index in [1.807, 2.05) is 7.05 Å². The van der Waals surface area contributed by atoms with Crippen LogP contribution in [0.3, 0.4) is 0 Å². The first-order valence-electron chi connectivity index (χ1n) is 6.51. The summed E-state index contributed by atoms with van der Waals surface area (Å²) in [4.78, 5) is 15.7. The van der Waals surface area contributed by atoms with E-state index in [1.165, 1.54) is 7.11 Å². The largest absolute Gasteiger partial charge is 0.474 e. The highest BCUT2D eigenvalue weighted by molar-refractivity contribution is 5.90. The normalized spacial score (nSPS) is 21.6. The molecular weight excluding hydrogens is 244 g/mol. The van der Waals surface area contributed by atoms with Gasteiger partial charge in [0.25, 0.3) is 0 Å². The third kappa shape index (κ3) is 3.23. The highest BCUT2D eigenvalue weighted by atomic mass is 16.5. The number of hydrogen-bond acceptors (Lipinski definition) is 5. The van der Waals surface area contributed by atoms with Crippen molar-refractivity contribution in [3.8, 4) is 5.88 Å². The number of nitrogens with one attached hydrogen (secondary N) is 1. The van der Waals surface area contributed by atoms with Crippen molar-refractivity contribution in [1.82, 2.24) is 10.3 Å². The molecule has 104 valence electrons. The van der Waals surface area contributed by atoms with Crippen molar-refractivity contribution in [2.24, 2.45) is 5.92 Å². The predicted octanol–water partition coefficient (Wildman–Crippen LogP) is 1.55. The lowest BCUT2D eigenvalue weighted by Gasteiger charge is -2.34. The zero-order valence-electron chi connectivity index (χ0n) is 11.6. The summed E-state index contributed by atoms with van der Waals surface area (Å²) >= 11 is 0. The van der Waals surface area contributed by atoms with Gasteiger partial charge in [0.2, 0.25) is 5.88 Å². The molecule has 0 amide bonds. The summed E-state index contributed by atoms with van der Waals surface area (Å²) in [5.41, 5.74) is 1.12. The number of carbonyl (C=O) groups excluding carboxylic acids is 1. The Morgan fingerprint density at radius 2 is 2.21 bits per heavy atom. The van der Waals surface area contributed by atoms with E-state index in [1.54, 1.807) is 19.1 Å². The molecule has 0 bridgehead atoms. The lowest BCUT2D eigenvalue weighted by molar-refractivity contribution is 0.0591. The number of methoxy groups -OCH3 is 1. The lowest BCUT2D eigenvalue weighted by atomic mass is 9.82. The SMILES string of the molecule is CNCC1CC(Oc2ccc(C(=O)OC)c(C)n2)C1.